The van der Waals surface area contributed by atoms with Crippen molar-refractivity contribution in [2.45, 2.75) is 332 Å². The molecule has 0 spiro atoms. The second kappa shape index (κ2) is 50.8. The predicted octanol–water partition coefficient (Wildman–Crippen LogP) is 2.41. The van der Waals surface area contributed by atoms with Gasteiger partial charge in [0.1, 0.15) is 43.2 Å². The Morgan fingerprint density at radius 3 is 0.882 bits per heavy atom. The molecule has 0 amide bonds. The second-order valence-corrected chi connectivity index (χ2v) is 41.2. The summed E-state index contributed by atoms with van der Waals surface area (Å²) in [6.45, 7) is 18.8. The molecule has 0 radical (unpaired) electrons. The molecule has 6 aliphatic heterocycles. The summed E-state index contributed by atoms with van der Waals surface area (Å²) in [5.41, 5.74) is 1.15. The maximum atomic E-state index is 14.0. The fourth-order valence-electron chi connectivity index (χ4n) is 15.4. The van der Waals surface area contributed by atoms with Crippen molar-refractivity contribution in [2.75, 3.05) is 39.6 Å². The van der Waals surface area contributed by atoms with E-state index in [2.05, 4.69) is 0 Å². The standard InChI is InChI=1S/C90H120O44SeSi/c1-43(91)107-39-63-70(115-45(3)93)76(119-49(7)97)81(124-54(12)102)87(130-63)133-72-66(105)60(37-111-86-80(123-53(11)101)75(118-48(6)96)69(110-36-58-31-25-21-26-32-58)65(129-86)42-114-136(18,19)90(15,16)17)127-84(78(72)121-51(9)99)113-41-62-68(109-35-57-29-23-20-24-30-57)74(117-47(5)95)79(122-52(10)100)85(128-62)112-38-61-67(106)73(83(126-56(14)104)89(132-61)135-59-33-27-22-28-34-59)134-88-82(125-55(13)103)77(120-50(8)98)71(116-46(4)94)64(131-88)40-108-44(2)92/h20-34,60-89,105-106H,35-42H2,1-19H3/t60-,61-,62-,63-,64-,65-,66-,67-,68-,69-,70-,71-,72+,73+,74+,75+,76+,77+,78-,79-,80-,81-,82-,83-,84-,85-,86-,87+,88+,89+/m1/s1. The number of carbonyl (C=O) groups excluding carboxylic acids is 14. The van der Waals surface area contributed by atoms with Crippen molar-refractivity contribution in [3.63, 3.8) is 0 Å². The van der Waals surface area contributed by atoms with Gasteiger partial charge in [-0.2, -0.15) is 0 Å². The Kier molecular flexibility index (Phi) is 41.1. The van der Waals surface area contributed by atoms with Crippen LogP contribution in [0.1, 0.15) is 129 Å². The topological polar surface area (TPSA) is 538 Å². The number of ether oxygens (including phenoxy) is 27. The van der Waals surface area contributed by atoms with Crippen LogP contribution in [-0.2, 0) is 213 Å². The summed E-state index contributed by atoms with van der Waals surface area (Å²) in [6, 6.07) is 25.8. The normalized spacial score (nSPS) is 31.7. The van der Waals surface area contributed by atoms with E-state index in [4.69, 9.17) is 132 Å². The van der Waals surface area contributed by atoms with Gasteiger partial charge in [-0.1, -0.05) is 81.4 Å². The Labute approximate surface area is 791 Å². The summed E-state index contributed by atoms with van der Waals surface area (Å²) in [5, 5.41) is 24.6. The molecule has 0 bridgehead atoms. The van der Waals surface area contributed by atoms with Gasteiger partial charge in [-0.15, -0.1) is 0 Å². The van der Waals surface area contributed by atoms with Crippen LogP contribution in [-0.4, -0.2) is 340 Å². The average Bonchev–Trinajstić information content (AvgIpc) is 0.767. The van der Waals surface area contributed by atoms with Gasteiger partial charge in [0.15, 0.2) is 51.4 Å². The molecule has 9 rings (SSSR count). The summed E-state index contributed by atoms with van der Waals surface area (Å²) < 4.78 is 175. The summed E-state index contributed by atoms with van der Waals surface area (Å²) >= 11 is -0.982. The predicted molar refractivity (Wildman–Crippen MR) is 457 cm³/mol. The third-order valence-corrected chi connectivity index (χ3v) is 28.9. The van der Waals surface area contributed by atoms with Crippen molar-refractivity contribution in [1.29, 1.82) is 0 Å². The van der Waals surface area contributed by atoms with E-state index in [1.807, 2.05) is 33.9 Å². The van der Waals surface area contributed by atoms with E-state index < -0.39 is 328 Å². The van der Waals surface area contributed by atoms with Crippen molar-refractivity contribution in [3.05, 3.63) is 102 Å². The number of aliphatic hydroxyl groups is 2. The molecule has 0 unspecified atom stereocenters. The fourth-order valence-corrected chi connectivity index (χ4v) is 18.7. The van der Waals surface area contributed by atoms with E-state index >= 15 is 0 Å². The average molecular weight is 2010 g/mol. The zero-order valence-electron chi connectivity index (χ0n) is 78.6. The van der Waals surface area contributed by atoms with E-state index in [1.165, 1.54) is 0 Å². The summed E-state index contributed by atoms with van der Waals surface area (Å²) in [6.07, 6.45) is -54.1. The van der Waals surface area contributed by atoms with Crippen LogP contribution < -0.4 is 4.46 Å². The van der Waals surface area contributed by atoms with Crippen molar-refractivity contribution < 1.29 is 210 Å². The Hall–Kier alpha value is -9.66. The molecule has 0 saturated carbocycles. The third kappa shape index (κ3) is 31.7. The molecule has 136 heavy (non-hydrogen) atoms. The Morgan fingerprint density at radius 1 is 0.287 bits per heavy atom. The number of aliphatic hydroxyl groups excluding tert-OH is 2. The van der Waals surface area contributed by atoms with Crippen LogP contribution in [0.15, 0.2) is 91.0 Å². The summed E-state index contributed by atoms with van der Waals surface area (Å²) in [5.74, 6) is -14.0. The minimum absolute atomic E-state index is 0.115. The minimum atomic E-state index is -2.75. The molecular formula is C90H120O44SeSi. The Bertz CT molecular complexity index is 4520. The number of rotatable bonds is 40. The zero-order chi connectivity index (χ0) is 99.9. The van der Waals surface area contributed by atoms with Crippen molar-refractivity contribution >= 4 is 111 Å². The molecule has 46 heteroatoms. The third-order valence-electron chi connectivity index (χ3n) is 22.0. The molecule has 6 heterocycles. The van der Waals surface area contributed by atoms with Crippen LogP contribution in [0.2, 0.25) is 18.1 Å². The van der Waals surface area contributed by atoms with Gasteiger partial charge < -0.3 is 66.4 Å². The van der Waals surface area contributed by atoms with Crippen LogP contribution in [0.4, 0.5) is 0 Å². The molecule has 30 atom stereocenters. The molecule has 6 aliphatic rings. The van der Waals surface area contributed by atoms with Gasteiger partial charge in [-0.05, 0) is 23.7 Å². The molecule has 6 fully saturated rings. The van der Waals surface area contributed by atoms with Gasteiger partial charge in [0.2, 0.25) is 0 Å². The van der Waals surface area contributed by atoms with Crippen LogP contribution in [0.5, 0.6) is 0 Å². The number of hydrogen-bond acceptors (Lipinski definition) is 44. The first-order chi connectivity index (χ1) is 64.1. The van der Waals surface area contributed by atoms with Gasteiger partial charge in [0.25, 0.3) is 0 Å². The maximum absolute atomic E-state index is 14.0. The van der Waals surface area contributed by atoms with Gasteiger partial charge in [0, 0.05) is 48.5 Å². The van der Waals surface area contributed by atoms with E-state index in [1.54, 1.807) is 91.0 Å². The van der Waals surface area contributed by atoms with Crippen molar-refractivity contribution in [1.82, 2.24) is 0 Å². The first kappa shape index (κ1) is 110. The molecule has 2 N–H and O–H groups in total. The number of hydrogen-bond donors (Lipinski definition) is 2. The van der Waals surface area contributed by atoms with E-state index in [0.29, 0.717) is 15.6 Å². The van der Waals surface area contributed by atoms with Crippen LogP contribution >= 0.6 is 0 Å². The Balaban J connectivity index is 1.18. The molecule has 44 nitrogen and oxygen atoms in total. The van der Waals surface area contributed by atoms with Gasteiger partial charge in [-0.3, -0.25) is 33.6 Å². The quantitative estimate of drug-likeness (QED) is 0.0469. The molecule has 754 valence electrons. The van der Waals surface area contributed by atoms with Gasteiger partial charge in [0.05, 0.1) is 19.8 Å². The zero-order valence-corrected chi connectivity index (χ0v) is 81.3. The molecule has 3 aromatic rings. The SMILES string of the molecule is CC(=O)OC[C@H]1O[C@@H](O[C@H]2[C@H](O)[C@@H](CO[C@@H]3O[C@H](CO[C@@H]4O[C@H](CO[C@@H]5O[C@H](CO[Si](C)(C)C(C)(C)C)[C@@H](OCc6ccccc6)[C@H](OC(C)=O)[C@H]5OC(C)=O)[C@@H](O)[C@H](O[C@@H]5O[C@H](COC(C)=O)[C@@H](OC(C)=O)[C@H](OC(C)=O)[C@H]5OC(C)=O)[C@H]4OC(C)=O)[C@@H](OCc4ccccc4)[C@H](OC(C)=O)[C@H]3OC(C)=O)O[C@@H]([Se]c3ccccc3)[C@@H]2OC(C)=O)[C@H](OC(C)=O)[C@@H](OC(C)=O)[C@@H]1OC(C)=O. The van der Waals surface area contributed by atoms with Crippen LogP contribution in [0.25, 0.3) is 0 Å². The van der Waals surface area contributed by atoms with E-state index in [0.717, 1.165) is 96.9 Å². The van der Waals surface area contributed by atoms with Crippen LogP contribution in [0.3, 0.4) is 0 Å². The molecule has 0 aromatic heterocycles. The number of carbonyl (C=O) groups is 14. The molecule has 6 saturated heterocycles. The van der Waals surface area contributed by atoms with Crippen LogP contribution in [0, 0.1) is 0 Å². The second-order valence-electron chi connectivity index (χ2n) is 34.0. The molecule has 3 aromatic carbocycles. The monoisotopic (exact) mass is 2010 g/mol. The Morgan fingerprint density at radius 2 is 0.544 bits per heavy atom. The summed E-state index contributed by atoms with van der Waals surface area (Å²) in [7, 11) is -2.75. The fraction of sp³-hybridized carbons (Fsp3) is 0.644. The first-order valence-corrected chi connectivity index (χ1v) is 48.4. The van der Waals surface area contributed by atoms with Gasteiger partial charge in [-0.25, -0.2) is 0 Å². The van der Waals surface area contributed by atoms with Crippen molar-refractivity contribution in [3.8, 4) is 0 Å². The van der Waals surface area contributed by atoms with E-state index in [-0.39, 0.29) is 19.8 Å². The first-order valence-electron chi connectivity index (χ1n) is 43.6. The number of esters is 14. The van der Waals surface area contributed by atoms with Gasteiger partial charge >= 0.3 is 427 Å². The van der Waals surface area contributed by atoms with Crippen molar-refractivity contribution in [2.24, 2.45) is 0 Å². The molecular weight excluding hydrogens is 1890 g/mol. The van der Waals surface area contributed by atoms with E-state index in [9.17, 15) is 77.3 Å². The molecule has 0 aliphatic carbocycles. The summed E-state index contributed by atoms with van der Waals surface area (Å²) in [4.78, 5) is 186. The number of benzene rings is 3.